The van der Waals surface area contributed by atoms with Gasteiger partial charge in [0.05, 0.1) is 30.5 Å². The molecule has 2 aromatic rings. The normalized spacial score (nSPS) is 21.1. The number of halogens is 1. The number of sulfonamides is 1. The van der Waals surface area contributed by atoms with Gasteiger partial charge in [0.1, 0.15) is 11.9 Å². The number of anilines is 1. The lowest BCUT2D eigenvalue weighted by molar-refractivity contribution is -0.134. The zero-order chi connectivity index (χ0) is 27.6. The standard InChI is InChI=1S/C27H34ClN3O6S/c1-17-14-31(18(2)16-32)26(33)13-20-12-22(29-27(34)19-4-5-19)8-11-24(20)37-25(17)15-30(3)38(35,36)23-9-6-21(28)7-10-23/h6-12,17-19,25,32H,4-5,13-16H2,1-3H3,(H,29,34)/t17-,18+,25+/m0/s1. The van der Waals surface area contributed by atoms with Gasteiger partial charge in [0, 0.05) is 41.7 Å². The minimum Gasteiger partial charge on any atom is -0.488 e. The van der Waals surface area contributed by atoms with Gasteiger partial charge in [-0.15, -0.1) is 0 Å². The van der Waals surface area contributed by atoms with E-state index >= 15 is 0 Å². The van der Waals surface area contributed by atoms with Crippen molar-refractivity contribution in [2.75, 3.05) is 32.1 Å². The molecule has 1 aliphatic heterocycles. The molecule has 1 saturated carbocycles. The summed E-state index contributed by atoms with van der Waals surface area (Å²) in [6.45, 7) is 3.76. The molecule has 1 heterocycles. The van der Waals surface area contributed by atoms with Crippen molar-refractivity contribution in [3.05, 3.63) is 53.1 Å². The van der Waals surface area contributed by atoms with E-state index in [9.17, 15) is 23.1 Å². The molecule has 206 valence electrons. The number of aliphatic hydroxyl groups is 1. The maximum atomic E-state index is 13.3. The highest BCUT2D eigenvalue weighted by Gasteiger charge is 2.34. The van der Waals surface area contributed by atoms with E-state index in [1.54, 1.807) is 30.0 Å². The minimum atomic E-state index is -3.83. The monoisotopic (exact) mass is 563 g/mol. The second-order valence-corrected chi connectivity index (χ2v) is 12.7. The first-order valence-corrected chi connectivity index (χ1v) is 14.5. The Balaban J connectivity index is 1.64. The van der Waals surface area contributed by atoms with Gasteiger partial charge in [-0.25, -0.2) is 8.42 Å². The molecule has 1 fully saturated rings. The fourth-order valence-corrected chi connectivity index (χ4v) is 5.76. The highest BCUT2D eigenvalue weighted by Crippen LogP contribution is 2.33. The molecule has 2 aliphatic rings. The van der Waals surface area contributed by atoms with Crippen LogP contribution in [0.25, 0.3) is 0 Å². The van der Waals surface area contributed by atoms with Gasteiger partial charge in [0.2, 0.25) is 21.8 Å². The third-order valence-electron chi connectivity index (χ3n) is 7.09. The molecular weight excluding hydrogens is 530 g/mol. The summed E-state index contributed by atoms with van der Waals surface area (Å²) in [7, 11) is -2.34. The van der Waals surface area contributed by atoms with Gasteiger partial charge in [0.25, 0.3) is 0 Å². The van der Waals surface area contributed by atoms with Crippen LogP contribution in [-0.2, 0) is 26.0 Å². The molecule has 0 radical (unpaired) electrons. The zero-order valence-electron chi connectivity index (χ0n) is 21.8. The summed E-state index contributed by atoms with van der Waals surface area (Å²) in [5.41, 5.74) is 1.16. The molecule has 38 heavy (non-hydrogen) atoms. The fourth-order valence-electron chi connectivity index (χ4n) is 4.45. The number of hydrogen-bond acceptors (Lipinski definition) is 6. The Labute approximate surface area is 228 Å². The number of carbonyl (C=O) groups excluding carboxylic acids is 2. The van der Waals surface area contributed by atoms with Crippen molar-refractivity contribution in [3.8, 4) is 5.75 Å². The van der Waals surface area contributed by atoms with Crippen molar-refractivity contribution in [3.63, 3.8) is 0 Å². The first-order chi connectivity index (χ1) is 18.0. The number of ether oxygens (including phenoxy) is 1. The second-order valence-electron chi connectivity index (χ2n) is 10.2. The summed E-state index contributed by atoms with van der Waals surface area (Å²) in [6, 6.07) is 10.7. The second kappa shape index (κ2) is 11.6. The molecule has 2 aromatic carbocycles. The van der Waals surface area contributed by atoms with E-state index in [0.717, 1.165) is 12.8 Å². The number of nitrogens with zero attached hydrogens (tertiary/aromatic N) is 2. The molecule has 4 rings (SSSR count). The lowest BCUT2D eigenvalue weighted by Crippen LogP contribution is -2.48. The van der Waals surface area contributed by atoms with Gasteiger partial charge in [-0.2, -0.15) is 4.31 Å². The van der Waals surface area contributed by atoms with Crippen LogP contribution in [0.3, 0.4) is 0 Å². The van der Waals surface area contributed by atoms with Crippen LogP contribution < -0.4 is 10.1 Å². The number of hydrogen-bond donors (Lipinski definition) is 2. The number of carbonyl (C=O) groups is 2. The highest BCUT2D eigenvalue weighted by atomic mass is 35.5. The lowest BCUT2D eigenvalue weighted by Gasteiger charge is -2.33. The van der Waals surface area contributed by atoms with Crippen LogP contribution >= 0.6 is 11.6 Å². The molecule has 3 atom stereocenters. The van der Waals surface area contributed by atoms with E-state index in [-0.39, 0.29) is 54.7 Å². The third kappa shape index (κ3) is 6.48. The van der Waals surface area contributed by atoms with Crippen LogP contribution in [0, 0.1) is 11.8 Å². The average molecular weight is 564 g/mol. The quantitative estimate of drug-likeness (QED) is 0.510. The Kier molecular flexibility index (Phi) is 8.66. The van der Waals surface area contributed by atoms with Crippen molar-refractivity contribution in [1.82, 2.24) is 9.21 Å². The Bertz CT molecular complexity index is 1280. The van der Waals surface area contributed by atoms with E-state index < -0.39 is 22.2 Å². The molecule has 11 heteroatoms. The smallest absolute Gasteiger partial charge is 0.242 e. The van der Waals surface area contributed by atoms with Crippen molar-refractivity contribution in [1.29, 1.82) is 0 Å². The number of rotatable bonds is 8. The molecule has 0 bridgehead atoms. The SMILES string of the molecule is C[C@H](CO)N1C[C@H](C)[C@@H](CN(C)S(=O)(=O)c2ccc(Cl)cc2)Oc2ccc(NC(=O)C3CC3)cc2CC1=O. The van der Waals surface area contributed by atoms with Crippen LogP contribution in [0.15, 0.2) is 47.4 Å². The summed E-state index contributed by atoms with van der Waals surface area (Å²) in [6.07, 6.45) is 1.16. The number of nitrogens with one attached hydrogen (secondary N) is 1. The van der Waals surface area contributed by atoms with Gasteiger partial charge in [0.15, 0.2) is 0 Å². The highest BCUT2D eigenvalue weighted by molar-refractivity contribution is 7.89. The topological polar surface area (TPSA) is 116 Å². The number of likely N-dealkylation sites (N-methyl/N-ethyl adjacent to an activating group) is 1. The average Bonchev–Trinajstić information content (AvgIpc) is 3.72. The predicted molar refractivity (Wildman–Crippen MR) is 145 cm³/mol. The first kappa shape index (κ1) is 28.4. The van der Waals surface area contributed by atoms with Crippen molar-refractivity contribution >= 4 is 39.1 Å². The Hall–Kier alpha value is -2.66. The van der Waals surface area contributed by atoms with Gasteiger partial charge in [-0.3, -0.25) is 9.59 Å². The zero-order valence-corrected chi connectivity index (χ0v) is 23.3. The molecule has 2 amide bonds. The van der Waals surface area contributed by atoms with E-state index in [2.05, 4.69) is 5.32 Å². The number of aliphatic hydroxyl groups excluding tert-OH is 1. The Morgan fingerprint density at radius 2 is 1.92 bits per heavy atom. The van der Waals surface area contributed by atoms with Gasteiger partial charge in [-0.1, -0.05) is 18.5 Å². The molecule has 9 nitrogen and oxygen atoms in total. The predicted octanol–water partition coefficient (Wildman–Crippen LogP) is 3.16. The fraction of sp³-hybridized carbons (Fsp3) is 0.481. The van der Waals surface area contributed by atoms with E-state index in [0.29, 0.717) is 22.0 Å². The molecule has 0 aromatic heterocycles. The minimum absolute atomic E-state index is 0.0190. The summed E-state index contributed by atoms with van der Waals surface area (Å²) in [5, 5.41) is 13.2. The molecule has 2 N–H and O–H groups in total. The van der Waals surface area contributed by atoms with Gasteiger partial charge >= 0.3 is 0 Å². The van der Waals surface area contributed by atoms with Crippen molar-refractivity contribution in [2.45, 2.75) is 50.2 Å². The maximum absolute atomic E-state index is 13.3. The molecule has 0 spiro atoms. The van der Waals surface area contributed by atoms with Crippen LogP contribution in [0.2, 0.25) is 5.02 Å². The van der Waals surface area contributed by atoms with Crippen LogP contribution in [0.1, 0.15) is 32.3 Å². The lowest BCUT2D eigenvalue weighted by atomic mass is 10.0. The first-order valence-electron chi connectivity index (χ1n) is 12.7. The maximum Gasteiger partial charge on any atom is 0.242 e. The summed E-state index contributed by atoms with van der Waals surface area (Å²) in [5.74, 6) is -0.0122. The summed E-state index contributed by atoms with van der Waals surface area (Å²) in [4.78, 5) is 27.4. The van der Waals surface area contributed by atoms with E-state index in [4.69, 9.17) is 16.3 Å². The van der Waals surface area contributed by atoms with E-state index in [1.807, 2.05) is 6.92 Å². The summed E-state index contributed by atoms with van der Waals surface area (Å²) < 4.78 is 34.2. The largest absolute Gasteiger partial charge is 0.488 e. The number of fused-ring (bicyclic) bond motifs is 1. The van der Waals surface area contributed by atoms with Crippen molar-refractivity contribution in [2.24, 2.45) is 11.8 Å². The number of benzene rings is 2. The van der Waals surface area contributed by atoms with Crippen LogP contribution in [0.4, 0.5) is 5.69 Å². The third-order valence-corrected chi connectivity index (χ3v) is 9.18. The van der Waals surface area contributed by atoms with Gasteiger partial charge < -0.3 is 20.1 Å². The van der Waals surface area contributed by atoms with Gasteiger partial charge in [-0.05, 0) is 62.2 Å². The van der Waals surface area contributed by atoms with Crippen LogP contribution in [-0.4, -0.2) is 73.4 Å². The Morgan fingerprint density at radius 3 is 2.55 bits per heavy atom. The molecule has 0 unspecified atom stereocenters. The molecular formula is C27H34ClN3O6S. The van der Waals surface area contributed by atoms with Crippen molar-refractivity contribution < 1.29 is 27.9 Å². The number of amides is 2. The molecule has 0 saturated heterocycles. The molecule has 1 aliphatic carbocycles. The summed E-state index contributed by atoms with van der Waals surface area (Å²) >= 11 is 5.93. The Morgan fingerprint density at radius 1 is 1.24 bits per heavy atom. The van der Waals surface area contributed by atoms with Crippen LogP contribution in [0.5, 0.6) is 5.75 Å². The van der Waals surface area contributed by atoms with E-state index in [1.165, 1.54) is 35.6 Å².